The lowest BCUT2D eigenvalue weighted by Crippen LogP contribution is -2.05. The van der Waals surface area contributed by atoms with Crippen LogP contribution in [0.15, 0.2) is 64.9 Å². The van der Waals surface area contributed by atoms with Crippen LogP contribution in [0.5, 0.6) is 0 Å². The molecule has 0 spiro atoms. The van der Waals surface area contributed by atoms with Crippen LogP contribution < -0.4 is 0 Å². The van der Waals surface area contributed by atoms with Gasteiger partial charge in [0.25, 0.3) is 0 Å². The molecule has 0 saturated heterocycles. The highest BCUT2D eigenvalue weighted by atomic mass is 32.2. The van der Waals surface area contributed by atoms with Crippen molar-refractivity contribution in [3.05, 3.63) is 66.2 Å². The zero-order valence-electron chi connectivity index (χ0n) is 19.5. The van der Waals surface area contributed by atoms with Crippen molar-refractivity contribution in [2.45, 2.75) is 62.3 Å². The van der Waals surface area contributed by atoms with Crippen molar-refractivity contribution in [2.75, 3.05) is 0 Å². The number of rotatable bonds is 5. The third-order valence-electron chi connectivity index (χ3n) is 6.70. The first-order valence-electron chi connectivity index (χ1n) is 11.5. The quantitative estimate of drug-likeness (QED) is 0.298. The van der Waals surface area contributed by atoms with Crippen molar-refractivity contribution in [2.24, 2.45) is 5.92 Å². The SMILES string of the molecule is C#C.CCC1CCC(n2cnc3c(-c4cccc(Sc5ccccc5C)c4C)ncnc32)C1. The predicted octanol–water partition coefficient (Wildman–Crippen LogP) is 7.26. The first-order chi connectivity index (χ1) is 16.2. The molecule has 0 amide bonds. The number of aromatic nitrogens is 4. The van der Waals surface area contributed by atoms with Crippen LogP contribution in [0.1, 0.15) is 49.8 Å². The minimum absolute atomic E-state index is 0.502. The van der Waals surface area contributed by atoms with Gasteiger partial charge in [0.15, 0.2) is 5.65 Å². The lowest BCUT2D eigenvalue weighted by atomic mass is 10.0. The Hall–Kier alpha value is -3.10. The summed E-state index contributed by atoms with van der Waals surface area (Å²) in [6.45, 7) is 6.64. The molecule has 1 aliphatic carbocycles. The van der Waals surface area contributed by atoms with E-state index in [1.807, 2.05) is 18.1 Å². The van der Waals surface area contributed by atoms with E-state index in [0.717, 1.165) is 28.3 Å². The molecule has 0 aliphatic heterocycles. The second-order valence-corrected chi connectivity index (χ2v) is 9.67. The maximum Gasteiger partial charge on any atom is 0.164 e. The summed E-state index contributed by atoms with van der Waals surface area (Å²) in [6.07, 6.45) is 16.7. The summed E-state index contributed by atoms with van der Waals surface area (Å²) in [5, 5.41) is 0. The summed E-state index contributed by atoms with van der Waals surface area (Å²) in [6, 6.07) is 15.5. The van der Waals surface area contributed by atoms with Crippen LogP contribution in [-0.4, -0.2) is 19.5 Å². The Morgan fingerprint density at radius 1 is 0.970 bits per heavy atom. The number of aryl methyl sites for hydroxylation is 1. The maximum atomic E-state index is 4.79. The van der Waals surface area contributed by atoms with Gasteiger partial charge < -0.3 is 4.57 Å². The monoisotopic (exact) mass is 454 g/mol. The zero-order valence-corrected chi connectivity index (χ0v) is 20.3. The summed E-state index contributed by atoms with van der Waals surface area (Å²) < 4.78 is 2.29. The fraction of sp³-hybridized carbons (Fsp3) is 0.321. The van der Waals surface area contributed by atoms with Crippen molar-refractivity contribution in [3.8, 4) is 24.1 Å². The second kappa shape index (κ2) is 10.2. The van der Waals surface area contributed by atoms with E-state index in [2.05, 4.69) is 90.6 Å². The lowest BCUT2D eigenvalue weighted by molar-refractivity contribution is 0.473. The molecule has 2 unspecified atom stereocenters. The molecular weight excluding hydrogens is 424 g/mol. The minimum atomic E-state index is 0.502. The van der Waals surface area contributed by atoms with Crippen molar-refractivity contribution in [1.82, 2.24) is 19.5 Å². The van der Waals surface area contributed by atoms with Crippen LogP contribution in [0.4, 0.5) is 0 Å². The predicted molar refractivity (Wildman–Crippen MR) is 137 cm³/mol. The van der Waals surface area contributed by atoms with Gasteiger partial charge in [-0.05, 0) is 62.3 Å². The van der Waals surface area contributed by atoms with E-state index in [-0.39, 0.29) is 0 Å². The largest absolute Gasteiger partial charge is 0.312 e. The molecule has 2 atom stereocenters. The van der Waals surface area contributed by atoms with Crippen LogP contribution in [0, 0.1) is 32.6 Å². The van der Waals surface area contributed by atoms with Gasteiger partial charge in [-0.15, -0.1) is 12.8 Å². The van der Waals surface area contributed by atoms with Gasteiger partial charge in [0.05, 0.1) is 6.33 Å². The first kappa shape index (κ1) is 23.1. The third kappa shape index (κ3) is 4.54. The summed E-state index contributed by atoms with van der Waals surface area (Å²) in [4.78, 5) is 16.6. The van der Waals surface area contributed by atoms with Crippen molar-refractivity contribution < 1.29 is 0 Å². The highest BCUT2D eigenvalue weighted by molar-refractivity contribution is 7.99. The Labute approximate surface area is 200 Å². The van der Waals surface area contributed by atoms with Gasteiger partial charge in [-0.3, -0.25) is 0 Å². The van der Waals surface area contributed by atoms with Gasteiger partial charge in [-0.25, -0.2) is 15.0 Å². The van der Waals surface area contributed by atoms with Crippen molar-refractivity contribution in [1.29, 1.82) is 0 Å². The molecule has 0 radical (unpaired) electrons. The Morgan fingerprint density at radius 2 is 1.76 bits per heavy atom. The van der Waals surface area contributed by atoms with Crippen LogP contribution >= 0.6 is 11.8 Å². The van der Waals surface area contributed by atoms with Gasteiger partial charge in [0, 0.05) is 21.4 Å². The molecule has 2 heterocycles. The number of imidazole rings is 1. The van der Waals surface area contributed by atoms with E-state index >= 15 is 0 Å². The Kier molecular flexibility index (Phi) is 7.15. The summed E-state index contributed by atoms with van der Waals surface area (Å²) >= 11 is 1.81. The van der Waals surface area contributed by atoms with Gasteiger partial charge >= 0.3 is 0 Å². The molecule has 1 saturated carbocycles. The molecule has 0 bridgehead atoms. The number of fused-ring (bicyclic) bond motifs is 1. The first-order valence-corrected chi connectivity index (χ1v) is 12.3. The van der Waals surface area contributed by atoms with E-state index in [0.29, 0.717) is 6.04 Å². The normalized spacial score (nSPS) is 17.6. The van der Waals surface area contributed by atoms with E-state index in [9.17, 15) is 0 Å². The smallest absolute Gasteiger partial charge is 0.164 e. The standard InChI is InChI=1S/C26H28N4S.C2H2/c1-4-19-12-13-20(14-19)30-16-29-25-24(27-15-28-26(25)30)21-9-7-11-23(18(21)3)31-22-10-6-5-8-17(22)2;1-2/h5-11,15-16,19-20H,4,12-14H2,1-3H3;1-2H. The van der Waals surface area contributed by atoms with Crippen LogP contribution in [-0.2, 0) is 0 Å². The fourth-order valence-electron chi connectivity index (χ4n) is 4.76. The van der Waals surface area contributed by atoms with E-state index in [1.54, 1.807) is 6.33 Å². The Balaban J connectivity index is 0.00000126. The molecule has 0 N–H and O–H groups in total. The second-order valence-electron chi connectivity index (χ2n) is 8.58. The molecule has 1 aliphatic rings. The van der Waals surface area contributed by atoms with E-state index < -0.39 is 0 Å². The van der Waals surface area contributed by atoms with Crippen molar-refractivity contribution in [3.63, 3.8) is 0 Å². The molecule has 4 nitrogen and oxygen atoms in total. The zero-order chi connectivity index (χ0) is 23.4. The minimum Gasteiger partial charge on any atom is -0.312 e. The number of benzene rings is 2. The highest BCUT2D eigenvalue weighted by Gasteiger charge is 2.27. The van der Waals surface area contributed by atoms with Crippen LogP contribution in [0.3, 0.4) is 0 Å². The lowest BCUT2D eigenvalue weighted by Gasteiger charge is -2.14. The topological polar surface area (TPSA) is 43.6 Å². The molecular formula is C28H30N4S. The summed E-state index contributed by atoms with van der Waals surface area (Å²) in [5.74, 6) is 0.821. The third-order valence-corrected chi connectivity index (χ3v) is 8.04. The van der Waals surface area contributed by atoms with Gasteiger partial charge in [0.2, 0.25) is 0 Å². The average molecular weight is 455 g/mol. The van der Waals surface area contributed by atoms with Gasteiger partial charge in [-0.2, -0.15) is 0 Å². The van der Waals surface area contributed by atoms with Crippen LogP contribution in [0.25, 0.3) is 22.4 Å². The molecule has 33 heavy (non-hydrogen) atoms. The molecule has 2 aromatic heterocycles. The number of hydrogen-bond donors (Lipinski definition) is 0. The van der Waals surface area contributed by atoms with Crippen LogP contribution in [0.2, 0.25) is 0 Å². The summed E-state index contributed by atoms with van der Waals surface area (Å²) in [7, 11) is 0. The molecule has 2 aromatic carbocycles. The molecule has 5 heteroatoms. The fourth-order valence-corrected chi connectivity index (χ4v) is 5.78. The Morgan fingerprint density at radius 3 is 2.52 bits per heavy atom. The van der Waals surface area contributed by atoms with Gasteiger partial charge in [0.1, 0.15) is 17.5 Å². The highest BCUT2D eigenvalue weighted by Crippen LogP contribution is 2.40. The molecule has 168 valence electrons. The van der Waals surface area contributed by atoms with E-state index in [1.165, 1.54) is 46.6 Å². The number of terminal acetylenes is 1. The average Bonchev–Trinajstić information content (AvgIpc) is 3.50. The van der Waals surface area contributed by atoms with Crippen molar-refractivity contribution >= 4 is 22.9 Å². The molecule has 1 fully saturated rings. The summed E-state index contributed by atoms with van der Waals surface area (Å²) in [5.41, 5.74) is 6.46. The van der Waals surface area contributed by atoms with Gasteiger partial charge in [-0.1, -0.05) is 55.4 Å². The Bertz CT molecular complexity index is 1270. The molecule has 5 rings (SSSR count). The number of nitrogens with zero attached hydrogens (tertiary/aromatic N) is 4. The number of hydrogen-bond acceptors (Lipinski definition) is 4. The van der Waals surface area contributed by atoms with E-state index in [4.69, 9.17) is 4.98 Å². The molecule has 4 aromatic rings. The maximum absolute atomic E-state index is 4.79.